The number of ether oxygens (including phenoxy) is 1. The summed E-state index contributed by atoms with van der Waals surface area (Å²) in [6.07, 6.45) is 0. The number of hydrogen-bond donors (Lipinski definition) is 2. The van der Waals surface area contributed by atoms with Crippen molar-refractivity contribution < 1.29 is 4.74 Å². The Balaban J connectivity index is 1.99. The second-order valence-corrected chi connectivity index (χ2v) is 5.72. The summed E-state index contributed by atoms with van der Waals surface area (Å²) >= 11 is 5.26. The summed E-state index contributed by atoms with van der Waals surface area (Å²) in [5.41, 5.74) is 8.19. The van der Waals surface area contributed by atoms with Crippen LogP contribution in [0.15, 0.2) is 47.6 Å². The Morgan fingerprint density at radius 2 is 1.78 bits per heavy atom. The first kappa shape index (κ1) is 17.0. The number of thiocarbonyl (C=S) groups is 1. The molecule has 4 nitrogen and oxygen atoms in total. The largest absolute Gasteiger partial charge is 0.497 e. The fraction of sp³-hybridized carbons (Fsp3) is 0.222. The van der Waals surface area contributed by atoms with Crippen molar-refractivity contribution in [1.29, 1.82) is 0 Å². The van der Waals surface area contributed by atoms with Crippen LogP contribution < -0.4 is 15.5 Å². The first-order chi connectivity index (χ1) is 11.0. The highest BCUT2D eigenvalue weighted by Gasteiger charge is 2.03. The average molecular weight is 327 g/mol. The van der Waals surface area contributed by atoms with Crippen molar-refractivity contribution in [1.82, 2.24) is 5.43 Å². The lowest BCUT2D eigenvalue weighted by atomic mass is 10.0. The van der Waals surface area contributed by atoms with Crippen molar-refractivity contribution in [3.63, 3.8) is 0 Å². The highest BCUT2D eigenvalue weighted by Crippen LogP contribution is 2.15. The minimum absolute atomic E-state index is 0.444. The van der Waals surface area contributed by atoms with E-state index in [-0.39, 0.29) is 0 Å². The second kappa shape index (κ2) is 7.74. The topological polar surface area (TPSA) is 45.6 Å². The monoisotopic (exact) mass is 327 g/mol. The van der Waals surface area contributed by atoms with E-state index >= 15 is 0 Å². The molecule has 0 amide bonds. The highest BCUT2D eigenvalue weighted by molar-refractivity contribution is 7.80. The van der Waals surface area contributed by atoms with Crippen LogP contribution in [0.3, 0.4) is 0 Å². The van der Waals surface area contributed by atoms with E-state index in [1.165, 1.54) is 11.1 Å². The minimum Gasteiger partial charge on any atom is -0.497 e. The molecule has 0 saturated heterocycles. The zero-order valence-corrected chi connectivity index (χ0v) is 14.6. The van der Waals surface area contributed by atoms with Gasteiger partial charge in [-0.25, -0.2) is 0 Å². The molecule has 0 fully saturated rings. The van der Waals surface area contributed by atoms with Crippen molar-refractivity contribution in [2.24, 2.45) is 5.10 Å². The van der Waals surface area contributed by atoms with Crippen LogP contribution in [-0.2, 0) is 0 Å². The predicted molar refractivity (Wildman–Crippen MR) is 100 cm³/mol. The zero-order valence-electron chi connectivity index (χ0n) is 13.8. The molecule has 120 valence electrons. The molecule has 0 aliphatic heterocycles. The first-order valence-electron chi connectivity index (χ1n) is 7.32. The van der Waals surface area contributed by atoms with Gasteiger partial charge in [0.05, 0.1) is 12.8 Å². The summed E-state index contributed by atoms with van der Waals surface area (Å²) in [5.74, 6) is 0.804. The Labute approximate surface area is 142 Å². The van der Waals surface area contributed by atoms with Crippen LogP contribution in [0, 0.1) is 13.8 Å². The lowest BCUT2D eigenvalue weighted by Crippen LogP contribution is -2.25. The number of rotatable bonds is 4. The maximum Gasteiger partial charge on any atom is 0.191 e. The molecular formula is C18H21N3OS. The maximum atomic E-state index is 5.26. The number of benzene rings is 2. The fourth-order valence-corrected chi connectivity index (χ4v) is 2.41. The summed E-state index contributed by atoms with van der Waals surface area (Å²) in [7, 11) is 1.64. The summed E-state index contributed by atoms with van der Waals surface area (Å²) in [6.45, 7) is 6.12. The third-order valence-electron chi connectivity index (χ3n) is 3.44. The van der Waals surface area contributed by atoms with E-state index in [1.54, 1.807) is 7.11 Å². The van der Waals surface area contributed by atoms with Crippen LogP contribution in [0.5, 0.6) is 5.75 Å². The van der Waals surface area contributed by atoms with Gasteiger partial charge in [0.1, 0.15) is 5.75 Å². The molecule has 0 spiro atoms. The van der Waals surface area contributed by atoms with Crippen LogP contribution in [-0.4, -0.2) is 17.9 Å². The summed E-state index contributed by atoms with van der Waals surface area (Å²) in [6, 6.07) is 13.8. The van der Waals surface area contributed by atoms with Crippen molar-refractivity contribution in [3.05, 3.63) is 59.2 Å². The molecule has 0 unspecified atom stereocenters. The molecular weight excluding hydrogens is 306 g/mol. The molecule has 2 aromatic carbocycles. The quantitative estimate of drug-likeness (QED) is 0.506. The van der Waals surface area contributed by atoms with Crippen molar-refractivity contribution >= 4 is 28.7 Å². The number of hydrogen-bond acceptors (Lipinski definition) is 3. The van der Waals surface area contributed by atoms with Gasteiger partial charge in [-0.15, -0.1) is 0 Å². The zero-order chi connectivity index (χ0) is 16.8. The van der Waals surface area contributed by atoms with Crippen molar-refractivity contribution in [3.8, 4) is 5.75 Å². The van der Waals surface area contributed by atoms with Gasteiger partial charge in [0.15, 0.2) is 5.11 Å². The number of hydrazone groups is 1. The molecule has 0 aromatic heterocycles. The molecule has 0 saturated carbocycles. The van der Waals surface area contributed by atoms with E-state index in [4.69, 9.17) is 17.0 Å². The molecule has 0 radical (unpaired) electrons. The molecule has 2 aromatic rings. The standard InChI is InChI=1S/C18H21N3OS/c1-12-5-10-17(13(2)11-12)14(3)20-21-18(23)19-15-6-8-16(22-4)9-7-15/h5-11H,1-4H3,(H2,19,21,23)/b20-14-. The number of aryl methyl sites for hydroxylation is 2. The van der Waals surface area contributed by atoms with E-state index in [0.717, 1.165) is 22.7 Å². The van der Waals surface area contributed by atoms with Gasteiger partial charge in [0, 0.05) is 11.3 Å². The lowest BCUT2D eigenvalue weighted by molar-refractivity contribution is 0.415. The Morgan fingerprint density at radius 3 is 2.39 bits per heavy atom. The van der Waals surface area contributed by atoms with E-state index in [0.29, 0.717) is 5.11 Å². The maximum absolute atomic E-state index is 5.26. The summed E-state index contributed by atoms with van der Waals surface area (Å²) in [5, 5.41) is 7.88. The summed E-state index contributed by atoms with van der Waals surface area (Å²) < 4.78 is 5.12. The number of nitrogens with zero attached hydrogens (tertiary/aromatic N) is 1. The Bertz CT molecular complexity index is 724. The second-order valence-electron chi connectivity index (χ2n) is 5.31. The number of anilines is 1. The molecule has 0 bridgehead atoms. The van der Waals surface area contributed by atoms with Gasteiger partial charge < -0.3 is 10.1 Å². The smallest absolute Gasteiger partial charge is 0.191 e. The number of methoxy groups -OCH3 is 1. The predicted octanol–water partition coefficient (Wildman–Crippen LogP) is 4.02. The van der Waals surface area contributed by atoms with Crippen LogP contribution in [0.2, 0.25) is 0 Å². The SMILES string of the molecule is COc1ccc(NC(=S)N/N=C(/C)c2ccc(C)cc2C)cc1. The summed E-state index contributed by atoms with van der Waals surface area (Å²) in [4.78, 5) is 0. The molecule has 23 heavy (non-hydrogen) atoms. The highest BCUT2D eigenvalue weighted by atomic mass is 32.1. The Kier molecular flexibility index (Phi) is 5.71. The van der Waals surface area contributed by atoms with Gasteiger partial charge in [-0.2, -0.15) is 5.10 Å². The van der Waals surface area contributed by atoms with Gasteiger partial charge in [0.25, 0.3) is 0 Å². The third-order valence-corrected chi connectivity index (χ3v) is 3.64. The van der Waals surface area contributed by atoms with Gasteiger partial charge in [0.2, 0.25) is 0 Å². The molecule has 0 atom stereocenters. The van der Waals surface area contributed by atoms with Crippen LogP contribution >= 0.6 is 12.2 Å². The molecule has 0 aliphatic carbocycles. The molecule has 0 aliphatic rings. The van der Waals surface area contributed by atoms with Gasteiger partial charge in [-0.1, -0.05) is 23.8 Å². The van der Waals surface area contributed by atoms with Crippen LogP contribution in [0.4, 0.5) is 5.69 Å². The average Bonchev–Trinajstić information content (AvgIpc) is 2.53. The van der Waals surface area contributed by atoms with E-state index in [1.807, 2.05) is 31.2 Å². The van der Waals surface area contributed by atoms with Crippen molar-refractivity contribution in [2.75, 3.05) is 12.4 Å². The Morgan fingerprint density at radius 1 is 1.09 bits per heavy atom. The van der Waals surface area contributed by atoms with Gasteiger partial charge in [-0.3, -0.25) is 5.43 Å². The molecule has 2 rings (SSSR count). The van der Waals surface area contributed by atoms with E-state index in [2.05, 4.69) is 47.9 Å². The van der Waals surface area contributed by atoms with E-state index < -0.39 is 0 Å². The lowest BCUT2D eigenvalue weighted by Gasteiger charge is -2.10. The molecule has 0 heterocycles. The van der Waals surface area contributed by atoms with Crippen LogP contribution in [0.1, 0.15) is 23.6 Å². The van der Waals surface area contributed by atoms with Gasteiger partial charge >= 0.3 is 0 Å². The minimum atomic E-state index is 0.444. The third kappa shape index (κ3) is 4.79. The normalized spacial score (nSPS) is 11.0. The molecule has 2 N–H and O–H groups in total. The fourth-order valence-electron chi connectivity index (χ4n) is 2.25. The van der Waals surface area contributed by atoms with E-state index in [9.17, 15) is 0 Å². The molecule has 5 heteroatoms. The number of nitrogens with one attached hydrogen (secondary N) is 2. The van der Waals surface area contributed by atoms with Crippen molar-refractivity contribution in [2.45, 2.75) is 20.8 Å². The Hall–Kier alpha value is -2.40. The van der Waals surface area contributed by atoms with Crippen LogP contribution in [0.25, 0.3) is 0 Å². The first-order valence-corrected chi connectivity index (χ1v) is 7.73. The van der Waals surface area contributed by atoms with Gasteiger partial charge in [-0.05, 0) is 62.8 Å².